The van der Waals surface area contributed by atoms with Gasteiger partial charge in [-0.3, -0.25) is 10.1 Å². The largest absolute Gasteiger partial charge is 0.478 e. The molecule has 2 heterocycles. The Morgan fingerprint density at radius 1 is 1.41 bits per heavy atom. The van der Waals surface area contributed by atoms with E-state index >= 15 is 0 Å². The van der Waals surface area contributed by atoms with Gasteiger partial charge in [-0.1, -0.05) is 17.4 Å². The van der Waals surface area contributed by atoms with Gasteiger partial charge in [-0.25, -0.2) is 4.79 Å². The van der Waals surface area contributed by atoms with Crippen LogP contribution in [0.2, 0.25) is 0 Å². The molecule has 1 atom stereocenters. The van der Waals surface area contributed by atoms with E-state index in [1.165, 1.54) is 0 Å². The highest BCUT2D eigenvalue weighted by atomic mass is 16.4. The molecule has 0 spiro atoms. The van der Waals surface area contributed by atoms with Crippen LogP contribution in [0.25, 0.3) is 6.08 Å². The maximum Gasteiger partial charge on any atom is 0.335 e. The first-order valence-electron chi connectivity index (χ1n) is 5.04. The van der Waals surface area contributed by atoms with Crippen LogP contribution in [0.4, 0.5) is 0 Å². The summed E-state index contributed by atoms with van der Waals surface area (Å²) in [6, 6.07) is -0.194. The number of rotatable bonds is 1. The molecule has 0 saturated heterocycles. The van der Waals surface area contributed by atoms with Crippen molar-refractivity contribution in [2.24, 2.45) is 4.99 Å². The average molecular weight is 228 g/mol. The van der Waals surface area contributed by atoms with Crippen LogP contribution in [0.5, 0.6) is 0 Å². The van der Waals surface area contributed by atoms with Gasteiger partial charge >= 0.3 is 5.97 Å². The van der Waals surface area contributed by atoms with E-state index in [0.717, 1.165) is 10.9 Å². The molecule has 3 rings (SSSR count). The normalized spacial score (nSPS) is 21.1. The van der Waals surface area contributed by atoms with Crippen molar-refractivity contribution in [3.05, 3.63) is 46.3 Å². The van der Waals surface area contributed by atoms with Crippen LogP contribution in [0.3, 0.4) is 0 Å². The number of carboxylic acids is 1. The molecule has 1 aliphatic carbocycles. The molecule has 6 nitrogen and oxygen atoms in total. The molecule has 1 aliphatic heterocycles. The van der Waals surface area contributed by atoms with Crippen LogP contribution < -0.4 is 10.8 Å². The Morgan fingerprint density at radius 3 is 3.12 bits per heavy atom. The summed E-state index contributed by atoms with van der Waals surface area (Å²) in [4.78, 5) is 15.2. The lowest BCUT2D eigenvalue weighted by atomic mass is 10.1. The summed E-state index contributed by atoms with van der Waals surface area (Å²) < 4.78 is 0. The lowest BCUT2D eigenvalue weighted by molar-refractivity contribution is -0.132. The minimum absolute atomic E-state index is 0.194. The van der Waals surface area contributed by atoms with Crippen molar-refractivity contribution < 1.29 is 9.90 Å². The molecule has 1 unspecified atom stereocenters. The third-order valence-electron chi connectivity index (χ3n) is 2.63. The van der Waals surface area contributed by atoms with Crippen molar-refractivity contribution in [3.8, 4) is 0 Å². The zero-order chi connectivity index (χ0) is 11.8. The van der Waals surface area contributed by atoms with E-state index in [4.69, 9.17) is 5.11 Å². The standard InChI is InChI=1S/C11H8N4O2/c16-11(17)6-1-2-7-5-9-10(14-15-13-9)12-8(7)4-3-6/h1-5,8H,(H,16,17)(H,12,13,14). The third kappa shape index (κ3) is 1.59. The summed E-state index contributed by atoms with van der Waals surface area (Å²) >= 11 is 0. The molecule has 2 N–H and O–H groups in total. The smallest absolute Gasteiger partial charge is 0.335 e. The molecular weight excluding hydrogens is 220 g/mol. The molecule has 1 aromatic heterocycles. The predicted molar refractivity (Wildman–Crippen MR) is 58.4 cm³/mol. The highest BCUT2D eigenvalue weighted by molar-refractivity contribution is 5.90. The molecular formula is C11H8N4O2. The topological polar surface area (TPSA) is 91.2 Å². The molecule has 2 aliphatic rings. The summed E-state index contributed by atoms with van der Waals surface area (Å²) in [5.41, 5.74) is 1.71. The highest BCUT2D eigenvalue weighted by Crippen LogP contribution is 2.17. The number of nitrogens with zero attached hydrogens (tertiary/aromatic N) is 3. The van der Waals surface area contributed by atoms with E-state index < -0.39 is 5.97 Å². The quantitative estimate of drug-likeness (QED) is 0.651. The Balaban J connectivity index is 2.14. The summed E-state index contributed by atoms with van der Waals surface area (Å²) in [7, 11) is 0. The maximum atomic E-state index is 10.9. The van der Waals surface area contributed by atoms with Gasteiger partial charge in [0.2, 0.25) is 0 Å². The zero-order valence-corrected chi connectivity index (χ0v) is 8.66. The van der Waals surface area contributed by atoms with Gasteiger partial charge in [-0.15, -0.1) is 5.10 Å². The number of aliphatic carboxylic acids is 1. The van der Waals surface area contributed by atoms with Crippen LogP contribution >= 0.6 is 0 Å². The number of carbonyl (C=O) groups is 1. The second kappa shape index (κ2) is 3.51. The second-order valence-corrected chi connectivity index (χ2v) is 3.72. The number of hydrogen-bond donors (Lipinski definition) is 2. The molecule has 0 aromatic carbocycles. The fourth-order valence-corrected chi connectivity index (χ4v) is 1.76. The molecule has 0 saturated carbocycles. The Labute approximate surface area is 95.4 Å². The molecule has 0 radical (unpaired) electrons. The van der Waals surface area contributed by atoms with E-state index in [2.05, 4.69) is 20.4 Å². The molecule has 17 heavy (non-hydrogen) atoms. The van der Waals surface area contributed by atoms with E-state index in [9.17, 15) is 4.79 Å². The van der Waals surface area contributed by atoms with Crippen LogP contribution in [0.15, 0.2) is 40.4 Å². The Kier molecular flexibility index (Phi) is 2.01. The van der Waals surface area contributed by atoms with Gasteiger partial charge in [0, 0.05) is 0 Å². The number of H-pyrrole nitrogens is 1. The first kappa shape index (κ1) is 9.71. The number of nitrogens with one attached hydrogen (secondary N) is 1. The first-order chi connectivity index (χ1) is 8.24. The van der Waals surface area contributed by atoms with E-state index in [1.54, 1.807) is 24.3 Å². The number of aromatic amines is 1. The fraction of sp³-hybridized carbons (Fsp3) is 0.0909. The van der Waals surface area contributed by atoms with Gasteiger partial charge in [0.1, 0.15) is 5.35 Å². The van der Waals surface area contributed by atoms with Crippen molar-refractivity contribution in [2.75, 3.05) is 0 Å². The molecule has 0 amide bonds. The van der Waals surface area contributed by atoms with Gasteiger partial charge in [0.05, 0.1) is 11.6 Å². The monoisotopic (exact) mass is 228 g/mol. The summed E-state index contributed by atoms with van der Waals surface area (Å²) in [6.07, 6.45) is 8.49. The average Bonchev–Trinajstić information content (AvgIpc) is 2.64. The molecule has 0 bridgehead atoms. The SMILES string of the molecule is O=C(O)C1=CC=C2C=c3[nH]nnc3=NC2C=C1. The van der Waals surface area contributed by atoms with Crippen molar-refractivity contribution >= 4 is 12.0 Å². The summed E-state index contributed by atoms with van der Waals surface area (Å²) in [6.45, 7) is 0. The molecule has 1 aromatic rings. The molecule has 84 valence electrons. The van der Waals surface area contributed by atoms with Crippen LogP contribution in [-0.2, 0) is 4.79 Å². The Morgan fingerprint density at radius 2 is 2.29 bits per heavy atom. The minimum atomic E-state index is -0.949. The van der Waals surface area contributed by atoms with Crippen molar-refractivity contribution in [3.63, 3.8) is 0 Å². The fourth-order valence-electron chi connectivity index (χ4n) is 1.76. The third-order valence-corrected chi connectivity index (χ3v) is 2.63. The van der Waals surface area contributed by atoms with Gasteiger partial charge < -0.3 is 5.11 Å². The zero-order valence-electron chi connectivity index (χ0n) is 8.66. The Hall–Kier alpha value is -2.50. The summed E-state index contributed by atoms with van der Waals surface area (Å²) in [5, 5.41) is 19.9. The van der Waals surface area contributed by atoms with Crippen LogP contribution in [0, 0.1) is 0 Å². The van der Waals surface area contributed by atoms with Gasteiger partial charge in [0.25, 0.3) is 0 Å². The van der Waals surface area contributed by atoms with Gasteiger partial charge in [0.15, 0.2) is 5.49 Å². The highest BCUT2D eigenvalue weighted by Gasteiger charge is 2.16. The predicted octanol–water partition coefficient (Wildman–Crippen LogP) is -0.906. The minimum Gasteiger partial charge on any atom is -0.478 e. The maximum absolute atomic E-state index is 10.9. The number of carboxylic acid groups (broad SMARTS) is 1. The van der Waals surface area contributed by atoms with E-state index in [0.29, 0.717) is 5.49 Å². The van der Waals surface area contributed by atoms with Crippen LogP contribution in [-0.4, -0.2) is 32.5 Å². The van der Waals surface area contributed by atoms with Crippen LogP contribution in [0.1, 0.15) is 0 Å². The van der Waals surface area contributed by atoms with Crippen molar-refractivity contribution in [1.29, 1.82) is 0 Å². The number of allylic oxidation sites excluding steroid dienone is 2. The molecule has 0 fully saturated rings. The lowest BCUT2D eigenvalue weighted by Crippen LogP contribution is -2.31. The van der Waals surface area contributed by atoms with Gasteiger partial charge in [-0.2, -0.15) is 0 Å². The lowest BCUT2D eigenvalue weighted by Gasteiger charge is -2.09. The Bertz CT molecular complexity index is 693. The number of hydrogen-bond acceptors (Lipinski definition) is 4. The number of aromatic nitrogens is 3. The number of fused-ring (bicyclic) bond motifs is 2. The summed E-state index contributed by atoms with van der Waals surface area (Å²) in [5.74, 6) is -0.949. The van der Waals surface area contributed by atoms with Gasteiger partial charge in [-0.05, 0) is 23.8 Å². The van der Waals surface area contributed by atoms with Crippen molar-refractivity contribution in [1.82, 2.24) is 15.4 Å². The van der Waals surface area contributed by atoms with Crippen molar-refractivity contribution in [2.45, 2.75) is 6.04 Å². The first-order valence-corrected chi connectivity index (χ1v) is 5.04. The molecule has 6 heteroatoms. The van der Waals surface area contributed by atoms with E-state index in [-0.39, 0.29) is 11.6 Å². The van der Waals surface area contributed by atoms with E-state index in [1.807, 2.05) is 6.08 Å². The second-order valence-electron chi connectivity index (χ2n) is 3.72.